The largest absolute Gasteiger partial charge is 0.488 e. The number of benzene rings is 1. The van der Waals surface area contributed by atoms with Gasteiger partial charge in [-0.05, 0) is 24.5 Å². The molecule has 0 radical (unpaired) electrons. The second-order valence-corrected chi connectivity index (χ2v) is 5.42. The highest BCUT2D eigenvalue weighted by atomic mass is 16.5. The maximum absolute atomic E-state index is 12.2. The third-order valence-corrected chi connectivity index (χ3v) is 3.93. The summed E-state index contributed by atoms with van der Waals surface area (Å²) in [7, 11) is 0. The normalized spacial score (nSPS) is 21.2. The van der Waals surface area contributed by atoms with Gasteiger partial charge in [-0.15, -0.1) is 0 Å². The Kier molecular flexibility index (Phi) is 2.31. The summed E-state index contributed by atoms with van der Waals surface area (Å²) in [5.41, 5.74) is 1.34. The van der Waals surface area contributed by atoms with Crippen LogP contribution < -0.4 is 10.4 Å². The molecule has 4 heteroatoms. The standard InChI is InChI=1S/C15H16N2O2/c18-15-16(7-8-17(15)12-5-6-12)10-13-9-11-3-1-2-4-14(11)19-13/h1-4,7-8,12-13H,5-6,9-10H2. The maximum Gasteiger partial charge on any atom is 0.328 e. The van der Waals surface area contributed by atoms with E-state index in [-0.39, 0.29) is 11.8 Å². The van der Waals surface area contributed by atoms with Gasteiger partial charge in [-0.1, -0.05) is 18.2 Å². The summed E-state index contributed by atoms with van der Waals surface area (Å²) in [6, 6.07) is 8.54. The van der Waals surface area contributed by atoms with E-state index in [4.69, 9.17) is 4.74 Å². The molecular formula is C15H16N2O2. The van der Waals surface area contributed by atoms with Gasteiger partial charge in [0.2, 0.25) is 0 Å². The van der Waals surface area contributed by atoms with Gasteiger partial charge in [-0.3, -0.25) is 9.13 Å². The van der Waals surface area contributed by atoms with Crippen LogP contribution in [0.3, 0.4) is 0 Å². The topological polar surface area (TPSA) is 36.2 Å². The Morgan fingerprint density at radius 1 is 1.21 bits per heavy atom. The van der Waals surface area contributed by atoms with Gasteiger partial charge < -0.3 is 4.74 Å². The van der Waals surface area contributed by atoms with Gasteiger partial charge in [0.1, 0.15) is 11.9 Å². The number of nitrogens with zero attached hydrogens (tertiary/aromatic N) is 2. The van der Waals surface area contributed by atoms with Crippen molar-refractivity contribution in [2.75, 3.05) is 0 Å². The van der Waals surface area contributed by atoms with E-state index in [1.807, 2.05) is 35.2 Å². The summed E-state index contributed by atoms with van der Waals surface area (Å²) >= 11 is 0. The third-order valence-electron chi connectivity index (χ3n) is 3.93. The van der Waals surface area contributed by atoms with Crippen LogP contribution in [0.4, 0.5) is 0 Å². The van der Waals surface area contributed by atoms with E-state index in [1.165, 1.54) is 5.56 Å². The molecule has 1 unspecified atom stereocenters. The first-order chi connectivity index (χ1) is 9.31. The molecule has 2 heterocycles. The number of aromatic nitrogens is 2. The van der Waals surface area contributed by atoms with E-state index in [1.54, 1.807) is 4.57 Å². The average Bonchev–Trinajstić information content (AvgIpc) is 3.07. The molecule has 0 amide bonds. The SMILES string of the molecule is O=c1n(CC2Cc3ccccc3O2)ccn1C1CC1. The molecule has 1 aliphatic carbocycles. The molecule has 4 rings (SSSR count). The fraction of sp³-hybridized carbons (Fsp3) is 0.400. The third kappa shape index (κ3) is 1.87. The summed E-state index contributed by atoms with van der Waals surface area (Å²) in [6.45, 7) is 0.632. The Hall–Kier alpha value is -1.97. The molecule has 19 heavy (non-hydrogen) atoms. The van der Waals surface area contributed by atoms with Crippen LogP contribution in [0.2, 0.25) is 0 Å². The van der Waals surface area contributed by atoms with Crippen LogP contribution in [0.25, 0.3) is 0 Å². The highest BCUT2D eigenvalue weighted by molar-refractivity contribution is 5.37. The van der Waals surface area contributed by atoms with Crippen LogP contribution in [0.15, 0.2) is 41.5 Å². The number of rotatable bonds is 3. The van der Waals surface area contributed by atoms with Gasteiger partial charge in [-0.2, -0.15) is 0 Å². The molecule has 1 aliphatic heterocycles. The predicted octanol–water partition coefficient (Wildman–Crippen LogP) is 1.99. The molecule has 1 aromatic carbocycles. The second kappa shape index (κ2) is 4.02. The zero-order valence-corrected chi connectivity index (χ0v) is 10.7. The summed E-state index contributed by atoms with van der Waals surface area (Å²) in [4.78, 5) is 12.2. The Bertz CT molecular complexity index is 642. The summed E-state index contributed by atoms with van der Waals surface area (Å²) < 4.78 is 9.50. The fourth-order valence-corrected chi connectivity index (χ4v) is 2.77. The van der Waals surface area contributed by atoms with Crippen LogP contribution >= 0.6 is 0 Å². The lowest BCUT2D eigenvalue weighted by Gasteiger charge is -2.10. The Morgan fingerprint density at radius 3 is 2.84 bits per heavy atom. The minimum absolute atomic E-state index is 0.0742. The highest BCUT2D eigenvalue weighted by Gasteiger charge is 2.27. The number of ether oxygens (including phenoxy) is 1. The van der Waals surface area contributed by atoms with Gasteiger partial charge in [0.05, 0.1) is 6.54 Å². The van der Waals surface area contributed by atoms with Crippen molar-refractivity contribution in [3.8, 4) is 5.75 Å². The summed E-state index contributed by atoms with van der Waals surface area (Å²) in [5, 5.41) is 0. The lowest BCUT2D eigenvalue weighted by Crippen LogP contribution is -2.30. The van der Waals surface area contributed by atoms with Crippen molar-refractivity contribution in [2.24, 2.45) is 0 Å². The van der Waals surface area contributed by atoms with Crippen molar-refractivity contribution in [3.05, 3.63) is 52.7 Å². The smallest absolute Gasteiger partial charge is 0.328 e. The highest BCUT2D eigenvalue weighted by Crippen LogP contribution is 2.33. The van der Waals surface area contributed by atoms with Crippen molar-refractivity contribution in [1.82, 2.24) is 9.13 Å². The van der Waals surface area contributed by atoms with Gasteiger partial charge in [0.25, 0.3) is 0 Å². The number of hydrogen-bond acceptors (Lipinski definition) is 2. The van der Waals surface area contributed by atoms with Crippen LogP contribution in [0.5, 0.6) is 5.75 Å². The number of hydrogen-bond donors (Lipinski definition) is 0. The van der Waals surface area contributed by atoms with E-state index < -0.39 is 0 Å². The van der Waals surface area contributed by atoms with Crippen molar-refractivity contribution in [3.63, 3.8) is 0 Å². The minimum Gasteiger partial charge on any atom is -0.488 e. The lowest BCUT2D eigenvalue weighted by molar-refractivity contribution is 0.207. The van der Waals surface area contributed by atoms with Crippen LogP contribution in [0.1, 0.15) is 24.4 Å². The first-order valence-electron chi connectivity index (χ1n) is 6.83. The van der Waals surface area contributed by atoms with Crippen LogP contribution in [-0.2, 0) is 13.0 Å². The quantitative estimate of drug-likeness (QED) is 0.842. The van der Waals surface area contributed by atoms with Gasteiger partial charge in [0.15, 0.2) is 0 Å². The maximum atomic E-state index is 12.2. The van der Waals surface area contributed by atoms with Crippen molar-refractivity contribution in [1.29, 1.82) is 0 Å². The molecule has 0 saturated heterocycles. The zero-order chi connectivity index (χ0) is 12.8. The average molecular weight is 256 g/mol. The first kappa shape index (κ1) is 10.9. The molecule has 1 aromatic heterocycles. The van der Waals surface area contributed by atoms with E-state index in [9.17, 15) is 4.79 Å². The lowest BCUT2D eigenvalue weighted by atomic mass is 10.1. The Labute approximate surface area is 111 Å². The van der Waals surface area contributed by atoms with Crippen LogP contribution in [-0.4, -0.2) is 15.2 Å². The molecule has 0 N–H and O–H groups in total. The molecule has 0 spiro atoms. The Balaban J connectivity index is 1.53. The van der Waals surface area contributed by atoms with Gasteiger partial charge in [-0.25, -0.2) is 4.79 Å². The Morgan fingerprint density at radius 2 is 2.05 bits per heavy atom. The van der Waals surface area contributed by atoms with Crippen molar-refractivity contribution < 1.29 is 4.74 Å². The fourth-order valence-electron chi connectivity index (χ4n) is 2.77. The van der Waals surface area contributed by atoms with Crippen LogP contribution in [0, 0.1) is 0 Å². The number of imidazole rings is 1. The first-order valence-corrected chi connectivity index (χ1v) is 6.83. The van der Waals surface area contributed by atoms with E-state index in [0.717, 1.165) is 25.0 Å². The molecule has 1 saturated carbocycles. The van der Waals surface area contributed by atoms with E-state index in [0.29, 0.717) is 12.6 Å². The number of fused-ring (bicyclic) bond motifs is 1. The molecule has 1 fully saturated rings. The zero-order valence-electron chi connectivity index (χ0n) is 10.7. The molecular weight excluding hydrogens is 240 g/mol. The molecule has 2 aliphatic rings. The second-order valence-electron chi connectivity index (χ2n) is 5.42. The minimum atomic E-state index is 0.0742. The van der Waals surface area contributed by atoms with E-state index >= 15 is 0 Å². The van der Waals surface area contributed by atoms with E-state index in [2.05, 4.69) is 6.07 Å². The molecule has 98 valence electrons. The summed E-state index contributed by atoms with van der Waals surface area (Å²) in [6.07, 6.45) is 7.02. The molecule has 0 bridgehead atoms. The molecule has 4 nitrogen and oxygen atoms in total. The van der Waals surface area contributed by atoms with Crippen molar-refractivity contribution in [2.45, 2.75) is 38.0 Å². The predicted molar refractivity (Wildman–Crippen MR) is 71.5 cm³/mol. The van der Waals surface area contributed by atoms with Gasteiger partial charge >= 0.3 is 5.69 Å². The summed E-state index contributed by atoms with van der Waals surface area (Å²) in [5.74, 6) is 0.960. The van der Waals surface area contributed by atoms with Crippen molar-refractivity contribution >= 4 is 0 Å². The number of para-hydroxylation sites is 1. The van der Waals surface area contributed by atoms with Gasteiger partial charge in [0, 0.05) is 24.9 Å². The molecule has 2 aromatic rings. The monoisotopic (exact) mass is 256 g/mol. The molecule has 1 atom stereocenters.